The average molecular weight is 479 g/mol. The van der Waals surface area contributed by atoms with E-state index in [9.17, 15) is 29.1 Å². The minimum Gasteiger partial charge on any atom is -0.481 e. The first-order chi connectivity index (χ1) is 14.8. The van der Waals surface area contributed by atoms with Gasteiger partial charge in [0.1, 0.15) is 24.2 Å². The van der Waals surface area contributed by atoms with E-state index in [1.165, 1.54) is 18.7 Å². The monoisotopic (exact) mass is 478 g/mol. The predicted molar refractivity (Wildman–Crippen MR) is 118 cm³/mol. The number of carbonyl (C=O) groups is 5. The zero-order chi connectivity index (χ0) is 25.0. The Kier molecular flexibility index (Phi) is 13.5. The van der Waals surface area contributed by atoms with Gasteiger partial charge in [-0.15, -0.1) is 0 Å². The normalized spacial score (nSPS) is 15.7. The van der Waals surface area contributed by atoms with Crippen molar-refractivity contribution in [2.45, 2.75) is 70.3 Å². The maximum absolute atomic E-state index is 12.8. The predicted octanol–water partition coefficient (Wildman–Crippen LogP) is -1.49. The van der Waals surface area contributed by atoms with E-state index < -0.39 is 66.4 Å². The summed E-state index contributed by atoms with van der Waals surface area (Å²) >= 11 is 1.43. The highest BCUT2D eigenvalue weighted by Gasteiger charge is 2.31. The van der Waals surface area contributed by atoms with E-state index in [1.807, 2.05) is 6.26 Å². The number of thioether (sulfide) groups is 1. The van der Waals surface area contributed by atoms with Crippen molar-refractivity contribution in [3.8, 4) is 0 Å². The van der Waals surface area contributed by atoms with Crippen LogP contribution in [0.5, 0.6) is 0 Å². The topological polar surface area (TPSA) is 208 Å². The molecule has 0 aromatic heterocycles. The number of rotatable bonds is 15. The molecule has 0 radical (unpaired) electrons. The molecule has 0 aliphatic rings. The van der Waals surface area contributed by atoms with Gasteiger partial charge in [-0.3, -0.25) is 19.2 Å². The molecule has 0 bridgehead atoms. The van der Waals surface area contributed by atoms with Crippen LogP contribution in [0.2, 0.25) is 0 Å². The standard InChI is InChI=1S/C19H34N4O8S/c1-9(2)7-12(17(28)23-13(19(30)31)8-14(25)26)22-16(27)11(5-6-32-4)21-18(29)15(20)10(3)24/h9-13,15,24H,5-8,20H2,1-4H3,(H,21,29)(H,22,27)(H,23,28)(H,25,26)(H,30,31). The molecule has 0 aliphatic heterocycles. The minimum atomic E-state index is -1.66. The van der Waals surface area contributed by atoms with Crippen molar-refractivity contribution in [2.24, 2.45) is 11.7 Å². The molecule has 0 fully saturated rings. The lowest BCUT2D eigenvalue weighted by Crippen LogP contribution is -2.58. The number of nitrogens with one attached hydrogen (secondary N) is 3. The highest BCUT2D eigenvalue weighted by atomic mass is 32.2. The van der Waals surface area contributed by atoms with Gasteiger partial charge in [-0.25, -0.2) is 4.79 Å². The van der Waals surface area contributed by atoms with Crippen molar-refractivity contribution >= 4 is 41.4 Å². The van der Waals surface area contributed by atoms with Gasteiger partial charge in [-0.1, -0.05) is 13.8 Å². The maximum atomic E-state index is 12.8. The Labute approximate surface area is 191 Å². The fourth-order valence-electron chi connectivity index (χ4n) is 2.61. The molecule has 184 valence electrons. The molecule has 0 heterocycles. The number of carboxylic acid groups (broad SMARTS) is 2. The Morgan fingerprint density at radius 2 is 1.38 bits per heavy atom. The molecular formula is C19H34N4O8S. The van der Waals surface area contributed by atoms with Gasteiger partial charge in [0.05, 0.1) is 12.5 Å². The molecule has 0 rings (SSSR count). The van der Waals surface area contributed by atoms with Crippen LogP contribution in [0.1, 0.15) is 40.0 Å². The number of nitrogens with two attached hydrogens (primary N) is 1. The molecule has 3 amide bonds. The molecule has 8 N–H and O–H groups in total. The smallest absolute Gasteiger partial charge is 0.326 e. The van der Waals surface area contributed by atoms with Gasteiger partial charge in [0.15, 0.2) is 0 Å². The number of aliphatic hydroxyl groups excluding tert-OH is 1. The molecule has 0 saturated carbocycles. The second-order valence-electron chi connectivity index (χ2n) is 7.80. The van der Waals surface area contributed by atoms with Crippen LogP contribution < -0.4 is 21.7 Å². The summed E-state index contributed by atoms with van der Waals surface area (Å²) in [4.78, 5) is 59.8. The minimum absolute atomic E-state index is 0.0725. The van der Waals surface area contributed by atoms with Gasteiger partial charge >= 0.3 is 11.9 Å². The number of amides is 3. The molecule has 5 atom stereocenters. The number of carboxylic acids is 2. The molecule has 0 aromatic carbocycles. The average Bonchev–Trinajstić information content (AvgIpc) is 2.68. The molecule has 13 heteroatoms. The van der Waals surface area contributed by atoms with Gasteiger partial charge in [-0.2, -0.15) is 11.8 Å². The second-order valence-corrected chi connectivity index (χ2v) is 8.78. The number of aliphatic hydroxyl groups is 1. The Balaban J connectivity index is 5.49. The van der Waals surface area contributed by atoms with Gasteiger partial charge in [0.25, 0.3) is 0 Å². The van der Waals surface area contributed by atoms with Crippen LogP contribution in [0, 0.1) is 5.92 Å². The number of hydrogen-bond donors (Lipinski definition) is 7. The molecule has 0 aliphatic carbocycles. The lowest BCUT2D eigenvalue weighted by Gasteiger charge is -2.26. The number of carbonyl (C=O) groups excluding carboxylic acids is 3. The van der Waals surface area contributed by atoms with Gasteiger partial charge in [0.2, 0.25) is 17.7 Å². The second kappa shape index (κ2) is 14.6. The van der Waals surface area contributed by atoms with Crippen molar-refractivity contribution in [3.05, 3.63) is 0 Å². The molecule has 0 aromatic rings. The van der Waals surface area contributed by atoms with Crippen LogP contribution in [0.15, 0.2) is 0 Å². The fraction of sp³-hybridized carbons (Fsp3) is 0.737. The summed E-state index contributed by atoms with van der Waals surface area (Å²) in [6.07, 6.45) is 0.209. The Morgan fingerprint density at radius 3 is 1.81 bits per heavy atom. The summed E-state index contributed by atoms with van der Waals surface area (Å²) in [7, 11) is 0. The van der Waals surface area contributed by atoms with Crippen molar-refractivity contribution in [1.82, 2.24) is 16.0 Å². The van der Waals surface area contributed by atoms with Crippen molar-refractivity contribution in [1.29, 1.82) is 0 Å². The molecule has 0 spiro atoms. The van der Waals surface area contributed by atoms with Crippen molar-refractivity contribution in [2.75, 3.05) is 12.0 Å². The SMILES string of the molecule is CSCCC(NC(=O)C(N)C(C)O)C(=O)NC(CC(C)C)C(=O)NC(CC(=O)O)C(=O)O. The molecule has 32 heavy (non-hydrogen) atoms. The van der Waals surface area contributed by atoms with E-state index in [2.05, 4.69) is 16.0 Å². The van der Waals surface area contributed by atoms with E-state index in [0.717, 1.165) is 0 Å². The van der Waals surface area contributed by atoms with Gasteiger partial charge in [0, 0.05) is 0 Å². The van der Waals surface area contributed by atoms with Crippen LogP contribution in [0.3, 0.4) is 0 Å². The third kappa shape index (κ3) is 11.3. The Morgan fingerprint density at radius 1 is 0.875 bits per heavy atom. The summed E-state index contributed by atoms with van der Waals surface area (Å²) in [6.45, 7) is 4.90. The van der Waals surface area contributed by atoms with E-state index in [1.54, 1.807) is 13.8 Å². The summed E-state index contributed by atoms with van der Waals surface area (Å²) in [5, 5.41) is 34.6. The summed E-state index contributed by atoms with van der Waals surface area (Å²) in [6, 6.07) is -5.11. The van der Waals surface area contributed by atoms with Crippen molar-refractivity contribution < 1.29 is 39.3 Å². The van der Waals surface area contributed by atoms with E-state index in [0.29, 0.717) is 5.75 Å². The summed E-state index contributed by atoms with van der Waals surface area (Å²) in [5.41, 5.74) is 5.61. The van der Waals surface area contributed by atoms with Crippen LogP contribution in [0.25, 0.3) is 0 Å². The number of aliphatic carboxylic acids is 2. The van der Waals surface area contributed by atoms with Crippen LogP contribution in [-0.4, -0.2) is 87.3 Å². The Bertz CT molecular complexity index is 674. The quantitative estimate of drug-likeness (QED) is 0.145. The van der Waals surface area contributed by atoms with E-state index >= 15 is 0 Å². The third-order valence-electron chi connectivity index (χ3n) is 4.40. The van der Waals surface area contributed by atoms with Crippen LogP contribution >= 0.6 is 11.8 Å². The zero-order valence-electron chi connectivity index (χ0n) is 18.7. The molecule has 5 unspecified atom stereocenters. The first-order valence-corrected chi connectivity index (χ1v) is 11.5. The molecular weight excluding hydrogens is 444 g/mol. The first kappa shape index (κ1) is 29.6. The summed E-state index contributed by atoms with van der Waals surface area (Å²) < 4.78 is 0. The summed E-state index contributed by atoms with van der Waals surface area (Å²) in [5.74, 6) is -4.77. The van der Waals surface area contributed by atoms with Gasteiger partial charge in [-0.05, 0) is 37.7 Å². The molecule has 0 saturated heterocycles. The van der Waals surface area contributed by atoms with Gasteiger partial charge < -0.3 is 37.0 Å². The highest BCUT2D eigenvalue weighted by Crippen LogP contribution is 2.09. The fourth-order valence-corrected chi connectivity index (χ4v) is 3.09. The lowest BCUT2D eigenvalue weighted by molar-refractivity contribution is -0.147. The highest BCUT2D eigenvalue weighted by molar-refractivity contribution is 7.98. The third-order valence-corrected chi connectivity index (χ3v) is 5.04. The lowest BCUT2D eigenvalue weighted by atomic mass is 10.0. The first-order valence-electron chi connectivity index (χ1n) is 10.1. The van der Waals surface area contributed by atoms with Crippen LogP contribution in [-0.2, 0) is 24.0 Å². The molecule has 12 nitrogen and oxygen atoms in total. The maximum Gasteiger partial charge on any atom is 0.326 e. The zero-order valence-corrected chi connectivity index (χ0v) is 19.5. The van der Waals surface area contributed by atoms with E-state index in [-0.39, 0.29) is 18.8 Å². The van der Waals surface area contributed by atoms with E-state index in [4.69, 9.17) is 15.9 Å². The van der Waals surface area contributed by atoms with Crippen LogP contribution in [0.4, 0.5) is 0 Å². The number of hydrogen-bond acceptors (Lipinski definition) is 8. The Hall–Kier alpha value is -2.38. The van der Waals surface area contributed by atoms with Crippen molar-refractivity contribution in [3.63, 3.8) is 0 Å². The largest absolute Gasteiger partial charge is 0.481 e.